The van der Waals surface area contributed by atoms with Gasteiger partial charge in [0.1, 0.15) is 5.75 Å². The van der Waals surface area contributed by atoms with Gasteiger partial charge in [0.15, 0.2) is 0 Å². The summed E-state index contributed by atoms with van der Waals surface area (Å²) < 4.78 is 32.9. The Morgan fingerprint density at radius 3 is 2.37 bits per heavy atom. The molecular weight excluding hydrogens is 464 g/mol. The molecule has 176 valence electrons. The Bertz CT molecular complexity index is 1670. The lowest BCUT2D eigenvalue weighted by Gasteiger charge is -2.14. The van der Waals surface area contributed by atoms with E-state index in [2.05, 4.69) is 23.5 Å². The minimum absolute atomic E-state index is 0.000474. The summed E-state index contributed by atoms with van der Waals surface area (Å²) in [7, 11) is -4.22. The van der Waals surface area contributed by atoms with Gasteiger partial charge >= 0.3 is 0 Å². The third-order valence-corrected chi connectivity index (χ3v) is 6.63. The van der Waals surface area contributed by atoms with Crippen LogP contribution < -0.4 is 5.32 Å². The molecule has 5 aromatic rings. The Kier molecular flexibility index (Phi) is 5.76. The van der Waals surface area contributed by atoms with Crippen molar-refractivity contribution in [3.63, 3.8) is 0 Å². The third kappa shape index (κ3) is 4.49. The van der Waals surface area contributed by atoms with Gasteiger partial charge in [-0.15, -0.1) is 0 Å². The number of phenols is 1. The predicted molar refractivity (Wildman–Crippen MR) is 137 cm³/mol. The van der Waals surface area contributed by atoms with E-state index in [-0.39, 0.29) is 17.9 Å². The first-order chi connectivity index (χ1) is 16.8. The van der Waals surface area contributed by atoms with E-state index < -0.39 is 21.8 Å². The van der Waals surface area contributed by atoms with Gasteiger partial charge in [-0.3, -0.25) is 9.35 Å². The van der Waals surface area contributed by atoms with Crippen LogP contribution in [-0.2, 0) is 10.1 Å². The Balaban J connectivity index is 1.67. The lowest BCUT2D eigenvalue weighted by molar-refractivity contribution is 0.0953. The molecule has 1 aromatic heterocycles. The number of rotatable bonds is 6. The monoisotopic (exact) mass is 486 g/mol. The lowest BCUT2D eigenvalue weighted by Crippen LogP contribution is -2.29. The molecule has 0 bridgehead atoms. The van der Waals surface area contributed by atoms with E-state index in [1.807, 2.05) is 59.2 Å². The van der Waals surface area contributed by atoms with Crippen LogP contribution in [0.2, 0.25) is 0 Å². The van der Waals surface area contributed by atoms with E-state index >= 15 is 0 Å². The average molecular weight is 487 g/mol. The number of aromatic nitrogens is 1. The number of carbonyl (C=O) groups is 1. The lowest BCUT2D eigenvalue weighted by atomic mass is 10.1. The number of aromatic hydroxyl groups is 1. The number of benzene rings is 4. The molecule has 0 fully saturated rings. The quantitative estimate of drug-likeness (QED) is 0.300. The van der Waals surface area contributed by atoms with Gasteiger partial charge in [0, 0.05) is 17.6 Å². The molecule has 35 heavy (non-hydrogen) atoms. The highest BCUT2D eigenvalue weighted by Crippen LogP contribution is 2.36. The minimum atomic E-state index is -4.22. The summed E-state index contributed by atoms with van der Waals surface area (Å²) in [5.74, 6) is -1.50. The fourth-order valence-electron chi connectivity index (χ4n) is 4.30. The van der Waals surface area contributed by atoms with Crippen LogP contribution in [0.15, 0.2) is 91.0 Å². The van der Waals surface area contributed by atoms with Gasteiger partial charge in [-0.2, -0.15) is 8.42 Å². The summed E-state index contributed by atoms with van der Waals surface area (Å²) in [6.45, 7) is -0.283. The van der Waals surface area contributed by atoms with Gasteiger partial charge in [-0.25, -0.2) is 0 Å². The summed E-state index contributed by atoms with van der Waals surface area (Å²) in [5.41, 5.74) is 3.50. The van der Waals surface area contributed by atoms with Crippen molar-refractivity contribution in [2.45, 2.75) is 0 Å². The first-order valence-electron chi connectivity index (χ1n) is 11.0. The number of hydrogen-bond donors (Lipinski definition) is 3. The minimum Gasteiger partial charge on any atom is -0.507 e. The van der Waals surface area contributed by atoms with E-state index in [1.165, 1.54) is 6.07 Å². The number of fused-ring (bicyclic) bond motifs is 3. The van der Waals surface area contributed by atoms with Crippen LogP contribution in [0, 0.1) is 0 Å². The molecule has 0 atom stereocenters. The number of nitrogens with zero attached hydrogens (tertiary/aromatic N) is 1. The zero-order valence-corrected chi connectivity index (χ0v) is 19.4. The molecule has 0 saturated heterocycles. The highest BCUT2D eigenvalue weighted by atomic mass is 32.2. The number of amides is 1. The van der Waals surface area contributed by atoms with Crippen molar-refractivity contribution in [3.05, 3.63) is 96.6 Å². The number of carbonyl (C=O) groups excluding carboxylic acids is 1. The van der Waals surface area contributed by atoms with Crippen molar-refractivity contribution in [1.29, 1.82) is 0 Å². The maximum Gasteiger partial charge on any atom is 0.266 e. The second-order valence-corrected chi connectivity index (χ2v) is 9.77. The topological polar surface area (TPSA) is 109 Å². The molecule has 7 nitrogen and oxygen atoms in total. The van der Waals surface area contributed by atoms with Gasteiger partial charge in [0.05, 0.1) is 22.5 Å². The summed E-state index contributed by atoms with van der Waals surface area (Å²) in [5, 5.41) is 16.1. The molecule has 0 radical (unpaired) electrons. The maximum atomic E-state index is 12.7. The van der Waals surface area contributed by atoms with Crippen LogP contribution in [0.25, 0.3) is 38.6 Å². The van der Waals surface area contributed by atoms with E-state index in [9.17, 15) is 18.3 Å². The molecule has 0 aliphatic heterocycles. The normalized spacial score (nSPS) is 11.7. The fourth-order valence-corrected chi connectivity index (χ4v) is 4.66. The molecule has 1 amide bonds. The van der Waals surface area contributed by atoms with Crippen molar-refractivity contribution >= 4 is 37.7 Å². The van der Waals surface area contributed by atoms with Gasteiger partial charge in [-0.1, -0.05) is 60.7 Å². The van der Waals surface area contributed by atoms with Crippen LogP contribution in [0.1, 0.15) is 10.4 Å². The highest BCUT2D eigenvalue weighted by molar-refractivity contribution is 7.85. The molecule has 3 N–H and O–H groups in total. The number of phenolic OH excluding ortho intramolecular Hbond substituents is 1. The van der Waals surface area contributed by atoms with Crippen molar-refractivity contribution in [3.8, 4) is 22.7 Å². The summed E-state index contributed by atoms with van der Waals surface area (Å²) in [6, 6.07) is 28.9. The molecule has 0 saturated carbocycles. The molecule has 0 aliphatic carbocycles. The molecule has 4 aromatic carbocycles. The van der Waals surface area contributed by atoms with E-state index in [0.717, 1.165) is 32.9 Å². The van der Waals surface area contributed by atoms with E-state index in [4.69, 9.17) is 4.55 Å². The number of hydrogen-bond acceptors (Lipinski definition) is 4. The van der Waals surface area contributed by atoms with Crippen LogP contribution >= 0.6 is 0 Å². The molecule has 0 spiro atoms. The highest BCUT2D eigenvalue weighted by Gasteiger charge is 2.18. The first kappa shape index (κ1) is 22.6. The van der Waals surface area contributed by atoms with Crippen molar-refractivity contribution < 1.29 is 22.9 Å². The fraction of sp³-hybridized carbons (Fsp3) is 0.0741. The van der Waals surface area contributed by atoms with Gasteiger partial charge in [-0.05, 0) is 46.7 Å². The van der Waals surface area contributed by atoms with E-state index in [0.29, 0.717) is 5.69 Å². The Morgan fingerprint density at radius 1 is 0.857 bits per heavy atom. The second-order valence-electron chi connectivity index (χ2n) is 8.19. The second kappa shape index (κ2) is 8.90. The van der Waals surface area contributed by atoms with Gasteiger partial charge < -0.3 is 15.0 Å². The summed E-state index contributed by atoms with van der Waals surface area (Å²) >= 11 is 0. The maximum absolute atomic E-state index is 12.7. The standard InChI is InChI=1S/C27H22N2O5S/c30-26-13-11-20(16-23(26)27(31)28-14-15-35(32,33)34)29-24-12-10-18-6-4-5-9-21(18)22(24)17-25(29)19-7-2-1-3-8-19/h1-13,16-17,30H,14-15H2,(H,28,31)(H,32,33,34). The Labute approximate surface area is 202 Å². The molecular formula is C27H22N2O5S. The molecule has 5 rings (SSSR count). The van der Waals surface area contributed by atoms with Crippen molar-refractivity contribution in [2.75, 3.05) is 12.3 Å². The summed E-state index contributed by atoms with van der Waals surface area (Å²) in [6.07, 6.45) is 0. The zero-order valence-electron chi connectivity index (χ0n) is 18.5. The number of nitrogens with one attached hydrogen (secondary N) is 1. The van der Waals surface area contributed by atoms with Crippen LogP contribution in [0.4, 0.5) is 0 Å². The van der Waals surface area contributed by atoms with Crippen LogP contribution in [-0.4, -0.2) is 40.8 Å². The molecule has 1 heterocycles. The van der Waals surface area contributed by atoms with Gasteiger partial charge in [0.25, 0.3) is 16.0 Å². The van der Waals surface area contributed by atoms with Crippen LogP contribution in [0.3, 0.4) is 0 Å². The zero-order chi connectivity index (χ0) is 24.6. The first-order valence-corrected chi connectivity index (χ1v) is 12.6. The molecule has 0 unspecified atom stereocenters. The Hall–Kier alpha value is -4.14. The van der Waals surface area contributed by atoms with Crippen molar-refractivity contribution in [1.82, 2.24) is 9.88 Å². The molecule has 0 aliphatic rings. The summed E-state index contributed by atoms with van der Waals surface area (Å²) in [4.78, 5) is 12.7. The third-order valence-electron chi connectivity index (χ3n) is 5.91. The van der Waals surface area contributed by atoms with E-state index in [1.54, 1.807) is 12.1 Å². The predicted octanol–water partition coefficient (Wildman–Crippen LogP) is 4.77. The Morgan fingerprint density at radius 2 is 1.60 bits per heavy atom. The van der Waals surface area contributed by atoms with Crippen molar-refractivity contribution in [2.24, 2.45) is 0 Å². The SMILES string of the molecule is O=C(NCCS(=O)(=O)O)c1cc(-n2c(-c3ccccc3)cc3c4ccccc4ccc32)ccc1O. The smallest absolute Gasteiger partial charge is 0.266 e. The van der Waals surface area contributed by atoms with Crippen LogP contribution in [0.5, 0.6) is 5.75 Å². The molecule has 8 heteroatoms. The van der Waals surface area contributed by atoms with Gasteiger partial charge in [0.2, 0.25) is 0 Å². The average Bonchev–Trinajstić information content (AvgIpc) is 3.24. The largest absolute Gasteiger partial charge is 0.507 e.